The summed E-state index contributed by atoms with van der Waals surface area (Å²) in [5, 5.41) is 8.43. The van der Waals surface area contributed by atoms with Gasteiger partial charge in [-0.2, -0.15) is 10.2 Å². The maximum atomic E-state index is 5.86. The molecule has 16 heavy (non-hydrogen) atoms. The van der Waals surface area contributed by atoms with Gasteiger partial charge >= 0.3 is 0 Å². The Balaban J connectivity index is 2.14. The van der Waals surface area contributed by atoms with Gasteiger partial charge in [0, 0.05) is 45.6 Å². The molecule has 0 fully saturated rings. The summed E-state index contributed by atoms with van der Waals surface area (Å²) in [6, 6.07) is 0. The number of aromatic nitrogens is 4. The van der Waals surface area contributed by atoms with Crippen LogP contribution in [-0.2, 0) is 20.6 Å². The molecule has 0 atom stereocenters. The first-order chi connectivity index (χ1) is 7.56. The van der Waals surface area contributed by atoms with Crippen molar-refractivity contribution in [1.82, 2.24) is 19.6 Å². The first kappa shape index (κ1) is 10.5. The Kier molecular flexibility index (Phi) is 2.55. The number of nitrogens with two attached hydrogens (primary N) is 1. The lowest BCUT2D eigenvalue weighted by Crippen LogP contribution is -2.17. The van der Waals surface area contributed by atoms with Crippen molar-refractivity contribution in [3.63, 3.8) is 0 Å². The molecule has 2 aromatic heterocycles. The third-order valence-corrected chi connectivity index (χ3v) is 2.38. The fourth-order valence-corrected chi connectivity index (χ4v) is 1.69. The molecule has 2 N–H and O–H groups in total. The SMILES string of the molecule is CN(Cc1cnn(C)c1)c1nn(C)cc1N. The van der Waals surface area contributed by atoms with Gasteiger partial charge in [0.05, 0.1) is 11.9 Å². The molecule has 0 spiro atoms. The molecule has 0 aliphatic carbocycles. The zero-order valence-electron chi connectivity index (χ0n) is 9.75. The van der Waals surface area contributed by atoms with E-state index in [2.05, 4.69) is 10.2 Å². The van der Waals surface area contributed by atoms with Crippen molar-refractivity contribution in [1.29, 1.82) is 0 Å². The smallest absolute Gasteiger partial charge is 0.173 e. The van der Waals surface area contributed by atoms with Gasteiger partial charge in [-0.3, -0.25) is 9.36 Å². The zero-order valence-corrected chi connectivity index (χ0v) is 9.75. The van der Waals surface area contributed by atoms with Crippen molar-refractivity contribution in [2.24, 2.45) is 14.1 Å². The van der Waals surface area contributed by atoms with E-state index in [0.29, 0.717) is 5.69 Å². The fraction of sp³-hybridized carbons (Fsp3) is 0.400. The number of anilines is 2. The van der Waals surface area contributed by atoms with E-state index in [0.717, 1.165) is 17.9 Å². The molecule has 2 rings (SSSR count). The van der Waals surface area contributed by atoms with Gasteiger partial charge in [0.25, 0.3) is 0 Å². The molecule has 2 aromatic rings. The second-order valence-electron chi connectivity index (χ2n) is 3.96. The molecule has 0 bridgehead atoms. The molecule has 6 heteroatoms. The summed E-state index contributed by atoms with van der Waals surface area (Å²) >= 11 is 0. The second-order valence-corrected chi connectivity index (χ2v) is 3.96. The van der Waals surface area contributed by atoms with Crippen molar-refractivity contribution < 1.29 is 0 Å². The highest BCUT2D eigenvalue weighted by molar-refractivity contribution is 5.61. The van der Waals surface area contributed by atoms with E-state index in [9.17, 15) is 0 Å². The Morgan fingerprint density at radius 2 is 2.06 bits per heavy atom. The summed E-state index contributed by atoms with van der Waals surface area (Å²) in [6.07, 6.45) is 5.63. The van der Waals surface area contributed by atoms with E-state index in [1.54, 1.807) is 15.6 Å². The quantitative estimate of drug-likeness (QED) is 0.811. The van der Waals surface area contributed by atoms with Gasteiger partial charge in [0.2, 0.25) is 0 Å². The van der Waals surface area contributed by atoms with Gasteiger partial charge in [-0.1, -0.05) is 0 Å². The maximum Gasteiger partial charge on any atom is 0.173 e. The molecule has 0 saturated carbocycles. The van der Waals surface area contributed by atoms with E-state index in [4.69, 9.17) is 5.73 Å². The Hall–Kier alpha value is -1.98. The van der Waals surface area contributed by atoms with Crippen LogP contribution in [0.2, 0.25) is 0 Å². The molecule has 0 amide bonds. The lowest BCUT2D eigenvalue weighted by atomic mass is 10.3. The second kappa shape index (κ2) is 3.88. The van der Waals surface area contributed by atoms with Crippen LogP contribution in [0.4, 0.5) is 11.5 Å². The largest absolute Gasteiger partial charge is 0.394 e. The molecule has 6 nitrogen and oxygen atoms in total. The van der Waals surface area contributed by atoms with Crippen LogP contribution in [-0.4, -0.2) is 26.6 Å². The molecule has 2 heterocycles. The Bertz CT molecular complexity index is 483. The minimum atomic E-state index is 0.689. The van der Waals surface area contributed by atoms with Gasteiger partial charge < -0.3 is 10.6 Å². The average molecular weight is 220 g/mol. The summed E-state index contributed by atoms with van der Waals surface area (Å²) in [5.41, 5.74) is 7.68. The van der Waals surface area contributed by atoms with Crippen LogP contribution in [0.5, 0.6) is 0 Å². The third-order valence-electron chi connectivity index (χ3n) is 2.38. The number of nitrogens with zero attached hydrogens (tertiary/aromatic N) is 5. The van der Waals surface area contributed by atoms with Crippen LogP contribution in [0.3, 0.4) is 0 Å². The lowest BCUT2D eigenvalue weighted by molar-refractivity contribution is 0.750. The van der Waals surface area contributed by atoms with E-state index < -0.39 is 0 Å². The predicted molar refractivity (Wildman–Crippen MR) is 62.9 cm³/mol. The van der Waals surface area contributed by atoms with Crippen molar-refractivity contribution in [2.75, 3.05) is 17.7 Å². The van der Waals surface area contributed by atoms with Crippen molar-refractivity contribution >= 4 is 11.5 Å². The topological polar surface area (TPSA) is 64.9 Å². The minimum Gasteiger partial charge on any atom is -0.394 e. The molecule has 0 aliphatic heterocycles. The van der Waals surface area contributed by atoms with E-state index in [1.807, 2.05) is 38.4 Å². The standard InChI is InChI=1S/C10H16N6/c1-14(5-8-4-12-15(2)6-8)10-9(11)7-16(3)13-10/h4,6-7H,5,11H2,1-3H3. The zero-order chi connectivity index (χ0) is 11.7. The summed E-state index contributed by atoms with van der Waals surface area (Å²) in [6.45, 7) is 0.745. The highest BCUT2D eigenvalue weighted by atomic mass is 15.3. The van der Waals surface area contributed by atoms with Crippen LogP contribution in [0.1, 0.15) is 5.56 Å². The predicted octanol–water partition coefficient (Wildman–Crippen LogP) is 0.372. The molecular formula is C10H16N6. The van der Waals surface area contributed by atoms with E-state index in [1.165, 1.54) is 0 Å². The number of rotatable bonds is 3. The highest BCUT2D eigenvalue weighted by Crippen LogP contribution is 2.20. The van der Waals surface area contributed by atoms with Crippen LogP contribution in [0.15, 0.2) is 18.6 Å². The van der Waals surface area contributed by atoms with Gasteiger partial charge in [0.15, 0.2) is 5.82 Å². The Labute approximate surface area is 94.3 Å². The minimum absolute atomic E-state index is 0.689. The van der Waals surface area contributed by atoms with Crippen LogP contribution >= 0.6 is 0 Å². The monoisotopic (exact) mass is 220 g/mol. The van der Waals surface area contributed by atoms with Gasteiger partial charge in [0.1, 0.15) is 0 Å². The molecular weight excluding hydrogens is 204 g/mol. The highest BCUT2D eigenvalue weighted by Gasteiger charge is 2.10. The molecule has 0 aliphatic rings. The molecule has 86 valence electrons. The molecule has 0 radical (unpaired) electrons. The molecule has 0 aromatic carbocycles. The average Bonchev–Trinajstić information content (AvgIpc) is 2.73. The summed E-state index contributed by atoms with van der Waals surface area (Å²) in [7, 11) is 5.72. The first-order valence-electron chi connectivity index (χ1n) is 5.04. The van der Waals surface area contributed by atoms with Gasteiger partial charge in [-0.05, 0) is 0 Å². The van der Waals surface area contributed by atoms with Crippen LogP contribution in [0.25, 0.3) is 0 Å². The molecule has 0 unspecified atom stereocenters. The fourth-order valence-electron chi connectivity index (χ4n) is 1.69. The number of nitrogen functional groups attached to an aromatic ring is 1. The lowest BCUT2D eigenvalue weighted by Gasteiger charge is -2.15. The van der Waals surface area contributed by atoms with Crippen LogP contribution in [0, 0.1) is 0 Å². The summed E-state index contributed by atoms with van der Waals surface area (Å²) in [5.74, 6) is 0.798. The number of hydrogen-bond donors (Lipinski definition) is 1. The normalized spacial score (nSPS) is 10.7. The maximum absolute atomic E-state index is 5.86. The third kappa shape index (κ3) is 2.00. The first-order valence-corrected chi connectivity index (χ1v) is 5.04. The van der Waals surface area contributed by atoms with Crippen molar-refractivity contribution in [2.45, 2.75) is 6.54 Å². The molecule has 0 saturated heterocycles. The van der Waals surface area contributed by atoms with E-state index in [-0.39, 0.29) is 0 Å². The number of hydrogen-bond acceptors (Lipinski definition) is 4. The van der Waals surface area contributed by atoms with Crippen LogP contribution < -0.4 is 10.6 Å². The summed E-state index contributed by atoms with van der Waals surface area (Å²) < 4.78 is 3.50. The summed E-state index contributed by atoms with van der Waals surface area (Å²) in [4.78, 5) is 2.01. The van der Waals surface area contributed by atoms with Crippen molar-refractivity contribution in [3.8, 4) is 0 Å². The Morgan fingerprint density at radius 3 is 2.56 bits per heavy atom. The van der Waals surface area contributed by atoms with Gasteiger partial charge in [-0.15, -0.1) is 0 Å². The Morgan fingerprint density at radius 1 is 1.31 bits per heavy atom. The van der Waals surface area contributed by atoms with Crippen molar-refractivity contribution in [3.05, 3.63) is 24.2 Å². The van der Waals surface area contributed by atoms with Gasteiger partial charge in [-0.25, -0.2) is 0 Å². The van der Waals surface area contributed by atoms with E-state index >= 15 is 0 Å². The number of aryl methyl sites for hydroxylation is 2.